The molecule has 1 saturated carbocycles. The van der Waals surface area contributed by atoms with Crippen LogP contribution in [0.1, 0.15) is 19.8 Å². The Morgan fingerprint density at radius 2 is 2.03 bits per heavy atom. The summed E-state index contributed by atoms with van der Waals surface area (Å²) < 4.78 is 35.0. The van der Waals surface area contributed by atoms with E-state index in [1.54, 1.807) is 12.8 Å². The molecule has 5 N–H and O–H groups in total. The van der Waals surface area contributed by atoms with E-state index in [4.69, 9.17) is 5.11 Å². The van der Waals surface area contributed by atoms with Gasteiger partial charge < -0.3 is 25.6 Å². The Labute approximate surface area is 169 Å². The van der Waals surface area contributed by atoms with Crippen LogP contribution in [0.2, 0.25) is 0 Å². The SMILES string of the molecule is C=C(C)C(=O)Nc1ncnc2nc[nH]c12.OC(C#CC(F)(F)F)C1CCC(O)C1O. The zero-order valence-corrected chi connectivity index (χ0v) is 15.8. The fourth-order valence-corrected chi connectivity index (χ4v) is 2.67. The number of nitrogens with one attached hydrogen (secondary N) is 2. The third-order valence-corrected chi connectivity index (χ3v) is 4.24. The summed E-state index contributed by atoms with van der Waals surface area (Å²) in [5, 5.41) is 30.3. The monoisotopic (exact) mass is 427 g/mol. The number of aromatic nitrogens is 4. The van der Waals surface area contributed by atoms with Gasteiger partial charge >= 0.3 is 6.18 Å². The third-order valence-electron chi connectivity index (χ3n) is 4.24. The number of H-pyrrole nitrogens is 1. The maximum atomic E-state index is 11.7. The van der Waals surface area contributed by atoms with Crippen molar-refractivity contribution in [3.05, 3.63) is 24.8 Å². The minimum atomic E-state index is -4.65. The summed E-state index contributed by atoms with van der Waals surface area (Å²) in [5.41, 5.74) is 1.54. The molecule has 4 unspecified atom stereocenters. The van der Waals surface area contributed by atoms with Crippen molar-refractivity contribution >= 4 is 22.9 Å². The number of hydrogen-bond acceptors (Lipinski definition) is 7. The lowest BCUT2D eigenvalue weighted by atomic mass is 9.99. The molecule has 0 aliphatic heterocycles. The highest BCUT2D eigenvalue weighted by Gasteiger charge is 2.37. The van der Waals surface area contributed by atoms with E-state index in [0.29, 0.717) is 22.6 Å². The van der Waals surface area contributed by atoms with Crippen molar-refractivity contribution in [1.29, 1.82) is 0 Å². The molecule has 2 heterocycles. The summed E-state index contributed by atoms with van der Waals surface area (Å²) >= 11 is 0. The number of halogens is 3. The Morgan fingerprint density at radius 3 is 2.60 bits per heavy atom. The van der Waals surface area contributed by atoms with Crippen LogP contribution in [0.15, 0.2) is 24.8 Å². The first-order valence-electron chi connectivity index (χ1n) is 8.74. The van der Waals surface area contributed by atoms with E-state index < -0.39 is 30.4 Å². The van der Waals surface area contributed by atoms with Gasteiger partial charge in [0.25, 0.3) is 5.91 Å². The van der Waals surface area contributed by atoms with Gasteiger partial charge in [-0.1, -0.05) is 12.5 Å². The number of carbonyl (C=O) groups is 1. The molecule has 162 valence electrons. The van der Waals surface area contributed by atoms with Gasteiger partial charge in [0.15, 0.2) is 11.5 Å². The molecule has 1 aliphatic rings. The average molecular weight is 427 g/mol. The first-order valence-corrected chi connectivity index (χ1v) is 8.74. The van der Waals surface area contributed by atoms with Crippen LogP contribution < -0.4 is 5.32 Å². The van der Waals surface area contributed by atoms with Gasteiger partial charge in [0.2, 0.25) is 0 Å². The highest BCUT2D eigenvalue weighted by atomic mass is 19.4. The van der Waals surface area contributed by atoms with Gasteiger partial charge in [-0.05, 0) is 19.8 Å². The number of amides is 1. The summed E-state index contributed by atoms with van der Waals surface area (Å²) in [7, 11) is 0. The maximum absolute atomic E-state index is 11.7. The smallest absolute Gasteiger partial charge is 0.390 e. The van der Waals surface area contributed by atoms with E-state index in [0.717, 1.165) is 5.92 Å². The topological polar surface area (TPSA) is 144 Å². The minimum absolute atomic E-state index is 0.260. The van der Waals surface area contributed by atoms with Crippen LogP contribution in [0.3, 0.4) is 0 Å². The maximum Gasteiger partial charge on any atom is 0.457 e. The Balaban J connectivity index is 0.000000214. The highest BCUT2D eigenvalue weighted by Crippen LogP contribution is 2.29. The molecule has 0 radical (unpaired) electrons. The van der Waals surface area contributed by atoms with Crippen LogP contribution in [-0.2, 0) is 4.79 Å². The second-order valence-electron chi connectivity index (χ2n) is 6.57. The van der Waals surface area contributed by atoms with E-state index in [2.05, 4.69) is 31.8 Å². The van der Waals surface area contributed by atoms with E-state index in [1.165, 1.54) is 12.7 Å². The Morgan fingerprint density at radius 1 is 1.33 bits per heavy atom. The van der Waals surface area contributed by atoms with Crippen molar-refractivity contribution in [3.63, 3.8) is 0 Å². The summed E-state index contributed by atoms with van der Waals surface area (Å²) in [6.45, 7) is 5.16. The quantitative estimate of drug-likeness (QED) is 0.362. The number of aromatic amines is 1. The highest BCUT2D eigenvalue weighted by molar-refractivity contribution is 6.05. The van der Waals surface area contributed by atoms with Gasteiger partial charge in [0.1, 0.15) is 17.9 Å². The van der Waals surface area contributed by atoms with Crippen LogP contribution in [-0.4, -0.2) is 65.7 Å². The molecular formula is C18H20F3N5O4. The molecule has 3 rings (SSSR count). The van der Waals surface area contributed by atoms with Crippen LogP contribution in [0, 0.1) is 17.8 Å². The number of aliphatic hydroxyl groups excluding tert-OH is 3. The molecule has 30 heavy (non-hydrogen) atoms. The first-order chi connectivity index (χ1) is 14.0. The Hall–Kier alpha value is -3.01. The molecule has 0 saturated heterocycles. The lowest BCUT2D eigenvalue weighted by molar-refractivity contribution is -0.112. The average Bonchev–Trinajstić information content (AvgIpc) is 3.27. The fourth-order valence-electron chi connectivity index (χ4n) is 2.67. The van der Waals surface area contributed by atoms with Crippen molar-refractivity contribution in [2.75, 3.05) is 5.32 Å². The molecule has 2 aromatic rings. The molecule has 2 aromatic heterocycles. The fraction of sp³-hybridized carbons (Fsp3) is 0.444. The lowest BCUT2D eigenvalue weighted by Crippen LogP contribution is -2.32. The number of carbonyl (C=O) groups excluding carboxylic acids is 1. The molecule has 9 nitrogen and oxygen atoms in total. The van der Waals surface area contributed by atoms with Gasteiger partial charge in [-0.3, -0.25) is 4.79 Å². The first kappa shape index (κ1) is 23.3. The number of hydrogen-bond donors (Lipinski definition) is 5. The minimum Gasteiger partial charge on any atom is -0.390 e. The van der Waals surface area contributed by atoms with Crippen molar-refractivity contribution < 1.29 is 33.3 Å². The molecule has 0 bridgehead atoms. The molecule has 1 fully saturated rings. The van der Waals surface area contributed by atoms with E-state index >= 15 is 0 Å². The van der Waals surface area contributed by atoms with Crippen LogP contribution in [0.25, 0.3) is 11.2 Å². The van der Waals surface area contributed by atoms with Gasteiger partial charge in [0.05, 0.1) is 18.5 Å². The standard InChI is InChI=1S/C9H11F3O3.C9H9N5O/c10-9(11,12)4-3-6(13)5-1-2-7(14)8(5)15;1-5(2)9(15)14-8-6-7(11-3-10-6)12-4-13-8/h5-8,13-15H,1-2H2;3-4H,1H2,2H3,(H2,10,11,12,13,14,15). The predicted molar refractivity (Wildman–Crippen MR) is 99.7 cm³/mol. The number of alkyl halides is 3. The number of rotatable bonds is 3. The Kier molecular flexibility index (Phi) is 7.49. The molecule has 12 heteroatoms. The van der Waals surface area contributed by atoms with Crippen LogP contribution >= 0.6 is 0 Å². The largest absolute Gasteiger partial charge is 0.457 e. The lowest BCUT2D eigenvalue weighted by Gasteiger charge is -2.18. The zero-order valence-electron chi connectivity index (χ0n) is 15.8. The van der Waals surface area contributed by atoms with Gasteiger partial charge in [-0.2, -0.15) is 13.2 Å². The molecule has 1 amide bonds. The number of imidazole rings is 1. The number of aliphatic hydroxyl groups is 3. The molecule has 0 aromatic carbocycles. The van der Waals surface area contributed by atoms with Crippen molar-refractivity contribution in [2.24, 2.45) is 5.92 Å². The van der Waals surface area contributed by atoms with Crippen molar-refractivity contribution in [2.45, 2.75) is 44.3 Å². The second kappa shape index (κ2) is 9.66. The summed E-state index contributed by atoms with van der Waals surface area (Å²) in [6, 6.07) is 0. The molecular weight excluding hydrogens is 407 g/mol. The van der Waals surface area contributed by atoms with Gasteiger partial charge in [-0.15, -0.1) is 0 Å². The number of nitrogens with zero attached hydrogens (tertiary/aromatic N) is 3. The van der Waals surface area contributed by atoms with Crippen LogP contribution in [0.4, 0.5) is 19.0 Å². The zero-order chi connectivity index (χ0) is 22.5. The summed E-state index contributed by atoms with van der Waals surface area (Å²) in [5.74, 6) is 1.89. The molecule has 4 atom stereocenters. The van der Waals surface area contributed by atoms with E-state index in [9.17, 15) is 28.2 Å². The number of fused-ring (bicyclic) bond motifs is 1. The second-order valence-corrected chi connectivity index (χ2v) is 6.57. The molecule has 0 spiro atoms. The van der Waals surface area contributed by atoms with E-state index in [1.807, 2.05) is 0 Å². The third kappa shape index (κ3) is 6.24. The van der Waals surface area contributed by atoms with Crippen molar-refractivity contribution in [1.82, 2.24) is 19.9 Å². The Bertz CT molecular complexity index is 966. The summed E-state index contributed by atoms with van der Waals surface area (Å²) in [6.07, 6.45) is -5.04. The van der Waals surface area contributed by atoms with Crippen LogP contribution in [0.5, 0.6) is 0 Å². The van der Waals surface area contributed by atoms with E-state index in [-0.39, 0.29) is 18.7 Å². The van der Waals surface area contributed by atoms with Gasteiger partial charge in [-0.25, -0.2) is 15.0 Å². The predicted octanol–water partition coefficient (Wildman–Crippen LogP) is 0.912. The normalized spacial score (nSPS) is 21.8. The van der Waals surface area contributed by atoms with Gasteiger partial charge in [0, 0.05) is 17.4 Å². The summed E-state index contributed by atoms with van der Waals surface area (Å²) in [4.78, 5) is 26.0. The molecule has 1 aliphatic carbocycles. The number of anilines is 1. The van der Waals surface area contributed by atoms with Crippen molar-refractivity contribution in [3.8, 4) is 11.8 Å².